The normalized spacial score (nSPS) is 21.2. The van der Waals surface area contributed by atoms with Crippen LogP contribution in [0.25, 0.3) is 0 Å². The van der Waals surface area contributed by atoms with E-state index in [2.05, 4.69) is 15.6 Å². The minimum absolute atomic E-state index is 0.0755. The Hall–Kier alpha value is -1.42. The second kappa shape index (κ2) is 6.83. The van der Waals surface area contributed by atoms with Crippen LogP contribution in [-0.4, -0.2) is 38.6 Å². The lowest BCUT2D eigenvalue weighted by molar-refractivity contribution is -0.124. The summed E-state index contributed by atoms with van der Waals surface area (Å²) in [6.07, 6.45) is 0.307. The molecule has 132 valence electrons. The minimum Gasteiger partial charge on any atom is -0.383 e. The zero-order valence-electron chi connectivity index (χ0n) is 12.9. The molecular formula is C13H16Cl2N4O4S. The number of nitrogens with zero attached hydrogens (tertiary/aromatic N) is 1. The maximum Gasteiger partial charge on any atom is 0.329 e. The lowest BCUT2D eigenvalue weighted by Crippen LogP contribution is -2.42. The van der Waals surface area contributed by atoms with Gasteiger partial charge in [0.05, 0.1) is 18.6 Å². The number of anilines is 1. The standard InChI is InChI=1S/C13H16Cl2N4O4S/c1-12(6-13(12,14)15)9(21)18-10(24)16-7-5-8(20)17-11(22)19(7)3-4-23-2/h5H,3-4,6H2,1-2H3,(H,17,20,22)(H2,16,18,21,24). The molecule has 3 N–H and O–H groups in total. The third-order valence-corrected chi connectivity index (χ3v) is 5.09. The highest BCUT2D eigenvalue weighted by atomic mass is 35.5. The van der Waals surface area contributed by atoms with Gasteiger partial charge in [0.25, 0.3) is 5.56 Å². The van der Waals surface area contributed by atoms with Gasteiger partial charge in [-0.2, -0.15) is 0 Å². The van der Waals surface area contributed by atoms with E-state index in [0.717, 1.165) is 6.07 Å². The molecule has 1 aliphatic rings. The van der Waals surface area contributed by atoms with E-state index in [1.807, 2.05) is 0 Å². The maximum atomic E-state index is 12.2. The van der Waals surface area contributed by atoms with Crippen molar-refractivity contribution in [3.05, 3.63) is 26.9 Å². The van der Waals surface area contributed by atoms with E-state index in [9.17, 15) is 14.4 Å². The lowest BCUT2D eigenvalue weighted by atomic mass is 10.1. The highest BCUT2D eigenvalue weighted by molar-refractivity contribution is 7.80. The fraction of sp³-hybridized carbons (Fsp3) is 0.538. The van der Waals surface area contributed by atoms with Crippen molar-refractivity contribution in [1.29, 1.82) is 0 Å². The molecular weight excluding hydrogens is 379 g/mol. The molecule has 0 radical (unpaired) electrons. The third-order valence-electron chi connectivity index (χ3n) is 3.78. The molecule has 1 aliphatic carbocycles. The Labute approximate surface area is 152 Å². The summed E-state index contributed by atoms with van der Waals surface area (Å²) in [5, 5.41) is 5.05. The van der Waals surface area contributed by atoms with E-state index in [4.69, 9.17) is 40.2 Å². The molecule has 1 saturated carbocycles. The molecule has 1 aromatic rings. The Bertz CT molecular complexity index is 791. The SMILES string of the molecule is COCCn1c(NC(=S)NC(=O)C2(C)CC2(Cl)Cl)cc(=O)[nH]c1=O. The first-order valence-electron chi connectivity index (χ1n) is 6.94. The van der Waals surface area contributed by atoms with Gasteiger partial charge >= 0.3 is 5.69 Å². The highest BCUT2D eigenvalue weighted by Crippen LogP contribution is 2.63. The Morgan fingerprint density at radius 2 is 2.12 bits per heavy atom. The van der Waals surface area contributed by atoms with Crippen LogP contribution in [0.1, 0.15) is 13.3 Å². The summed E-state index contributed by atoms with van der Waals surface area (Å²) >= 11 is 16.9. The molecule has 0 bridgehead atoms. The Balaban J connectivity index is 2.13. The van der Waals surface area contributed by atoms with Gasteiger partial charge in [-0.25, -0.2) is 4.79 Å². The molecule has 2 rings (SSSR count). The monoisotopic (exact) mass is 394 g/mol. The van der Waals surface area contributed by atoms with Crippen LogP contribution in [-0.2, 0) is 16.1 Å². The number of carbonyl (C=O) groups is 1. The maximum absolute atomic E-state index is 12.2. The molecule has 1 heterocycles. The number of aromatic nitrogens is 2. The Kier molecular flexibility index (Phi) is 5.38. The fourth-order valence-electron chi connectivity index (χ4n) is 2.06. The minimum atomic E-state index is -1.13. The Morgan fingerprint density at radius 1 is 1.50 bits per heavy atom. The molecule has 24 heavy (non-hydrogen) atoms. The van der Waals surface area contributed by atoms with Gasteiger partial charge in [-0.05, 0) is 25.6 Å². The second-order valence-electron chi connectivity index (χ2n) is 5.59. The van der Waals surface area contributed by atoms with Crippen LogP contribution >= 0.6 is 35.4 Å². The number of aromatic amines is 1. The first-order valence-corrected chi connectivity index (χ1v) is 8.10. The molecule has 0 spiro atoms. The van der Waals surface area contributed by atoms with E-state index >= 15 is 0 Å². The topological polar surface area (TPSA) is 105 Å². The number of H-pyrrole nitrogens is 1. The number of methoxy groups -OCH3 is 1. The number of hydrogen-bond acceptors (Lipinski definition) is 5. The fourth-order valence-corrected chi connectivity index (χ4v) is 2.97. The van der Waals surface area contributed by atoms with Gasteiger partial charge in [0, 0.05) is 13.2 Å². The van der Waals surface area contributed by atoms with Crippen molar-refractivity contribution >= 4 is 52.3 Å². The first kappa shape index (κ1) is 18.9. The largest absolute Gasteiger partial charge is 0.383 e. The molecule has 0 aromatic carbocycles. The van der Waals surface area contributed by atoms with Crippen LogP contribution in [0.4, 0.5) is 5.82 Å². The van der Waals surface area contributed by atoms with Crippen LogP contribution in [0.2, 0.25) is 0 Å². The molecule has 0 aliphatic heterocycles. The molecule has 0 saturated heterocycles. The van der Waals surface area contributed by atoms with E-state index in [-0.39, 0.29) is 24.1 Å². The number of rotatable bonds is 5. The van der Waals surface area contributed by atoms with E-state index in [1.165, 1.54) is 11.7 Å². The summed E-state index contributed by atoms with van der Waals surface area (Å²) in [4.78, 5) is 37.7. The summed E-state index contributed by atoms with van der Waals surface area (Å²) in [6, 6.07) is 1.15. The molecule has 1 unspecified atom stereocenters. The molecule has 1 amide bonds. The van der Waals surface area contributed by atoms with Crippen LogP contribution in [0.15, 0.2) is 15.7 Å². The number of halogens is 2. The predicted octanol–water partition coefficient (Wildman–Crippen LogP) is 0.580. The Morgan fingerprint density at radius 3 is 2.67 bits per heavy atom. The number of nitrogens with one attached hydrogen (secondary N) is 3. The molecule has 1 atom stereocenters. The van der Waals surface area contributed by atoms with E-state index in [1.54, 1.807) is 6.92 Å². The van der Waals surface area contributed by atoms with Gasteiger partial charge in [0.1, 0.15) is 10.2 Å². The number of carbonyl (C=O) groups excluding carboxylic acids is 1. The van der Waals surface area contributed by atoms with E-state index in [0.29, 0.717) is 6.42 Å². The quantitative estimate of drug-likeness (QED) is 0.498. The van der Waals surface area contributed by atoms with Gasteiger partial charge in [0.15, 0.2) is 5.11 Å². The summed E-state index contributed by atoms with van der Waals surface area (Å²) in [6.45, 7) is 2.06. The molecule has 8 nitrogen and oxygen atoms in total. The number of thiocarbonyl (C=S) groups is 1. The van der Waals surface area contributed by atoms with Crippen molar-refractivity contribution in [2.75, 3.05) is 19.0 Å². The summed E-state index contributed by atoms with van der Waals surface area (Å²) in [5.41, 5.74) is -2.16. The number of ether oxygens (including phenoxy) is 1. The van der Waals surface area contributed by atoms with E-state index < -0.39 is 26.9 Å². The molecule has 1 fully saturated rings. The van der Waals surface area contributed by atoms with Crippen LogP contribution in [0, 0.1) is 5.41 Å². The molecule has 1 aromatic heterocycles. The van der Waals surface area contributed by atoms with Gasteiger partial charge in [-0.15, -0.1) is 23.2 Å². The van der Waals surface area contributed by atoms with Crippen molar-refractivity contribution < 1.29 is 9.53 Å². The summed E-state index contributed by atoms with van der Waals surface area (Å²) in [7, 11) is 1.48. The number of amides is 1. The zero-order chi connectivity index (χ0) is 18.1. The van der Waals surface area contributed by atoms with Crippen molar-refractivity contribution in [2.45, 2.75) is 24.2 Å². The average molecular weight is 395 g/mol. The zero-order valence-corrected chi connectivity index (χ0v) is 15.3. The predicted molar refractivity (Wildman–Crippen MR) is 94.7 cm³/mol. The lowest BCUT2D eigenvalue weighted by Gasteiger charge is -2.16. The summed E-state index contributed by atoms with van der Waals surface area (Å²) in [5.74, 6) is -0.310. The average Bonchev–Trinajstić information content (AvgIpc) is 2.98. The highest BCUT2D eigenvalue weighted by Gasteiger charge is 2.68. The smallest absolute Gasteiger partial charge is 0.329 e. The molecule has 11 heteroatoms. The van der Waals surface area contributed by atoms with Crippen molar-refractivity contribution in [3.8, 4) is 0 Å². The van der Waals surface area contributed by atoms with Gasteiger partial charge < -0.3 is 15.4 Å². The van der Waals surface area contributed by atoms with Crippen LogP contribution in [0.5, 0.6) is 0 Å². The number of alkyl halides is 2. The second-order valence-corrected chi connectivity index (χ2v) is 7.48. The van der Waals surface area contributed by atoms with Gasteiger partial charge in [-0.3, -0.25) is 19.1 Å². The van der Waals surface area contributed by atoms with Gasteiger partial charge in [-0.1, -0.05) is 0 Å². The van der Waals surface area contributed by atoms with Crippen LogP contribution < -0.4 is 21.9 Å². The van der Waals surface area contributed by atoms with Crippen LogP contribution in [0.3, 0.4) is 0 Å². The van der Waals surface area contributed by atoms with Crippen molar-refractivity contribution in [2.24, 2.45) is 5.41 Å². The van der Waals surface area contributed by atoms with Gasteiger partial charge in [0.2, 0.25) is 5.91 Å². The van der Waals surface area contributed by atoms with Crippen molar-refractivity contribution in [3.63, 3.8) is 0 Å². The first-order chi connectivity index (χ1) is 11.1. The third kappa shape index (κ3) is 3.80. The summed E-state index contributed by atoms with van der Waals surface area (Å²) < 4.78 is 5.02. The number of hydrogen-bond donors (Lipinski definition) is 3. The van der Waals surface area contributed by atoms with Crippen molar-refractivity contribution in [1.82, 2.24) is 14.9 Å².